The Balaban J connectivity index is 1.69. The first-order chi connectivity index (χ1) is 8.78. The van der Waals surface area contributed by atoms with Crippen LogP contribution in [0.25, 0.3) is 0 Å². The Hall–Kier alpha value is -1.43. The lowest BCUT2D eigenvalue weighted by atomic mass is 10.3. The van der Waals surface area contributed by atoms with E-state index < -0.39 is 0 Å². The Morgan fingerprint density at radius 2 is 2.39 bits per heavy atom. The fraction of sp³-hybridized carbons (Fsp3) is 0.750. The predicted molar refractivity (Wildman–Crippen MR) is 67.8 cm³/mol. The Bertz CT molecular complexity index is 386. The molecule has 0 aliphatic heterocycles. The van der Waals surface area contributed by atoms with Crippen molar-refractivity contribution < 1.29 is 4.79 Å². The number of carbonyl (C=O) groups excluding carboxylic acids is 1. The normalized spacial score (nSPS) is 14.7. The first-order valence-electron chi connectivity index (χ1n) is 6.67. The van der Waals surface area contributed by atoms with Crippen molar-refractivity contribution in [1.82, 2.24) is 25.6 Å². The molecular weight excluding hydrogens is 230 g/mol. The second-order valence-electron chi connectivity index (χ2n) is 4.77. The number of carbonyl (C=O) groups is 1. The lowest BCUT2D eigenvalue weighted by Crippen LogP contribution is -2.28. The Morgan fingerprint density at radius 3 is 3.11 bits per heavy atom. The first kappa shape index (κ1) is 13.0. The van der Waals surface area contributed by atoms with Gasteiger partial charge in [0, 0.05) is 19.1 Å². The van der Waals surface area contributed by atoms with E-state index in [1.807, 2.05) is 6.20 Å². The monoisotopic (exact) mass is 251 g/mol. The van der Waals surface area contributed by atoms with E-state index in [-0.39, 0.29) is 12.5 Å². The topological polar surface area (TPSA) is 71.8 Å². The van der Waals surface area contributed by atoms with E-state index in [4.69, 9.17) is 0 Å². The Kier molecular flexibility index (Phi) is 4.69. The highest BCUT2D eigenvalue weighted by Crippen LogP contribution is 2.18. The van der Waals surface area contributed by atoms with Crippen LogP contribution in [0.2, 0.25) is 0 Å². The van der Waals surface area contributed by atoms with Crippen molar-refractivity contribution in [2.75, 3.05) is 6.54 Å². The van der Waals surface area contributed by atoms with Gasteiger partial charge in [0.25, 0.3) is 0 Å². The largest absolute Gasteiger partial charge is 0.354 e. The maximum atomic E-state index is 11.6. The summed E-state index contributed by atoms with van der Waals surface area (Å²) in [5.74, 6) is -0.00458. The second-order valence-corrected chi connectivity index (χ2v) is 4.77. The van der Waals surface area contributed by atoms with Crippen LogP contribution in [-0.2, 0) is 17.9 Å². The van der Waals surface area contributed by atoms with E-state index in [1.54, 1.807) is 4.68 Å². The molecule has 1 heterocycles. The second kappa shape index (κ2) is 6.49. The fourth-order valence-electron chi connectivity index (χ4n) is 1.64. The van der Waals surface area contributed by atoms with E-state index in [9.17, 15) is 4.79 Å². The molecule has 1 fully saturated rings. The summed E-state index contributed by atoms with van der Waals surface area (Å²) in [4.78, 5) is 11.6. The molecule has 0 bridgehead atoms. The van der Waals surface area contributed by atoms with Crippen LogP contribution < -0.4 is 10.6 Å². The number of unbranched alkanes of at least 4 members (excludes halogenated alkanes) is 1. The zero-order chi connectivity index (χ0) is 12.8. The van der Waals surface area contributed by atoms with Crippen LogP contribution in [0.15, 0.2) is 6.20 Å². The molecule has 2 N–H and O–H groups in total. The van der Waals surface area contributed by atoms with Crippen LogP contribution in [0.3, 0.4) is 0 Å². The van der Waals surface area contributed by atoms with E-state index in [0.717, 1.165) is 31.6 Å². The summed E-state index contributed by atoms with van der Waals surface area (Å²) in [6, 6.07) is 0.660. The van der Waals surface area contributed by atoms with Crippen LogP contribution in [0.1, 0.15) is 38.3 Å². The summed E-state index contributed by atoms with van der Waals surface area (Å²) < 4.78 is 1.59. The molecule has 0 atom stereocenters. The highest BCUT2D eigenvalue weighted by Gasteiger charge is 2.20. The molecule has 100 valence electrons. The molecule has 6 heteroatoms. The molecule has 0 saturated heterocycles. The van der Waals surface area contributed by atoms with Crippen LogP contribution in [0.5, 0.6) is 0 Å². The molecule has 2 rings (SSSR count). The maximum absolute atomic E-state index is 11.6. The molecule has 1 saturated carbocycles. The van der Waals surface area contributed by atoms with Crippen molar-refractivity contribution in [2.45, 2.75) is 51.7 Å². The van der Waals surface area contributed by atoms with Gasteiger partial charge in [0.15, 0.2) is 0 Å². The number of hydrogen-bond acceptors (Lipinski definition) is 4. The van der Waals surface area contributed by atoms with Crippen molar-refractivity contribution in [1.29, 1.82) is 0 Å². The highest BCUT2D eigenvalue weighted by atomic mass is 16.2. The molecular formula is C12H21N5O. The summed E-state index contributed by atoms with van der Waals surface area (Å²) >= 11 is 0. The number of hydrogen-bond donors (Lipinski definition) is 2. The Morgan fingerprint density at radius 1 is 1.56 bits per heavy atom. The van der Waals surface area contributed by atoms with Gasteiger partial charge in [0.2, 0.25) is 5.91 Å². The lowest BCUT2D eigenvalue weighted by molar-refractivity contribution is -0.121. The van der Waals surface area contributed by atoms with Crippen LogP contribution in [-0.4, -0.2) is 33.5 Å². The molecule has 0 aromatic carbocycles. The molecule has 1 aliphatic carbocycles. The lowest BCUT2D eigenvalue weighted by Gasteiger charge is -2.03. The average Bonchev–Trinajstić information content (AvgIpc) is 3.08. The molecule has 0 radical (unpaired) electrons. The van der Waals surface area contributed by atoms with E-state index in [0.29, 0.717) is 6.04 Å². The summed E-state index contributed by atoms with van der Waals surface area (Å²) in [5.41, 5.74) is 0.892. The zero-order valence-corrected chi connectivity index (χ0v) is 10.9. The number of nitrogens with zero attached hydrogens (tertiary/aromatic N) is 3. The van der Waals surface area contributed by atoms with E-state index >= 15 is 0 Å². The standard InChI is InChI=1S/C12H21N5O/c1-2-3-6-13-12(18)9-17-8-11(15-16-17)7-14-10-4-5-10/h8,10,14H,2-7,9H2,1H3,(H,13,18). The van der Waals surface area contributed by atoms with Crippen LogP contribution in [0.4, 0.5) is 0 Å². The molecule has 18 heavy (non-hydrogen) atoms. The van der Waals surface area contributed by atoms with Crippen molar-refractivity contribution in [2.24, 2.45) is 0 Å². The van der Waals surface area contributed by atoms with Gasteiger partial charge in [0.05, 0.1) is 11.9 Å². The van der Waals surface area contributed by atoms with Crippen LogP contribution in [0, 0.1) is 0 Å². The van der Waals surface area contributed by atoms with Gasteiger partial charge in [-0.15, -0.1) is 5.10 Å². The Labute approximate surface area is 107 Å². The van der Waals surface area contributed by atoms with Gasteiger partial charge >= 0.3 is 0 Å². The SMILES string of the molecule is CCCCNC(=O)Cn1cc(CNC2CC2)nn1. The molecule has 1 aromatic heterocycles. The summed E-state index contributed by atoms with van der Waals surface area (Å²) in [6.07, 6.45) is 6.44. The molecule has 1 aromatic rings. The van der Waals surface area contributed by atoms with Gasteiger partial charge in [0.1, 0.15) is 6.54 Å². The number of amides is 1. The van der Waals surface area contributed by atoms with Gasteiger partial charge in [-0.05, 0) is 19.3 Å². The first-order valence-corrected chi connectivity index (χ1v) is 6.67. The maximum Gasteiger partial charge on any atom is 0.241 e. The molecule has 0 spiro atoms. The summed E-state index contributed by atoms with van der Waals surface area (Å²) in [7, 11) is 0. The van der Waals surface area contributed by atoms with Gasteiger partial charge in [-0.3, -0.25) is 4.79 Å². The fourth-order valence-corrected chi connectivity index (χ4v) is 1.64. The molecule has 1 amide bonds. The van der Waals surface area contributed by atoms with Crippen molar-refractivity contribution >= 4 is 5.91 Å². The quantitative estimate of drug-likeness (QED) is 0.658. The minimum absolute atomic E-state index is 0.00458. The van der Waals surface area contributed by atoms with Crippen molar-refractivity contribution in [3.8, 4) is 0 Å². The number of rotatable bonds is 8. The highest BCUT2D eigenvalue weighted by molar-refractivity contribution is 5.75. The van der Waals surface area contributed by atoms with Gasteiger partial charge in [-0.25, -0.2) is 4.68 Å². The van der Waals surface area contributed by atoms with Gasteiger partial charge in [-0.2, -0.15) is 0 Å². The molecule has 0 unspecified atom stereocenters. The average molecular weight is 251 g/mol. The van der Waals surface area contributed by atoms with Gasteiger partial charge < -0.3 is 10.6 Å². The third-order valence-electron chi connectivity index (χ3n) is 2.89. The minimum atomic E-state index is -0.00458. The number of nitrogens with one attached hydrogen (secondary N) is 2. The number of aromatic nitrogens is 3. The third kappa shape index (κ3) is 4.44. The molecule has 1 aliphatic rings. The van der Waals surface area contributed by atoms with E-state index in [2.05, 4.69) is 27.9 Å². The predicted octanol–water partition coefficient (Wildman–Crippen LogP) is 0.446. The van der Waals surface area contributed by atoms with Gasteiger partial charge in [-0.1, -0.05) is 18.6 Å². The zero-order valence-electron chi connectivity index (χ0n) is 10.9. The van der Waals surface area contributed by atoms with E-state index in [1.165, 1.54) is 12.8 Å². The summed E-state index contributed by atoms with van der Waals surface area (Å²) in [6.45, 7) is 3.82. The van der Waals surface area contributed by atoms with Crippen molar-refractivity contribution in [3.63, 3.8) is 0 Å². The minimum Gasteiger partial charge on any atom is -0.354 e. The van der Waals surface area contributed by atoms with Crippen LogP contribution >= 0.6 is 0 Å². The third-order valence-corrected chi connectivity index (χ3v) is 2.89. The van der Waals surface area contributed by atoms with Crippen molar-refractivity contribution in [3.05, 3.63) is 11.9 Å². The smallest absolute Gasteiger partial charge is 0.241 e. The summed E-state index contributed by atoms with van der Waals surface area (Å²) in [5, 5.41) is 14.2. The molecule has 6 nitrogen and oxygen atoms in total.